The molecule has 3 rings (SSSR count). The molecule has 0 saturated heterocycles. The van der Waals surface area contributed by atoms with Gasteiger partial charge in [0.15, 0.2) is 24.8 Å². The van der Waals surface area contributed by atoms with Gasteiger partial charge in [0.1, 0.15) is 25.0 Å². The van der Waals surface area contributed by atoms with E-state index >= 15 is 0 Å². The second-order valence-corrected chi connectivity index (χ2v) is 13.7. The number of allylic oxidation sites excluding steroid dienone is 2. The number of carboxylic acid groups (broad SMARTS) is 2. The van der Waals surface area contributed by atoms with E-state index in [1.165, 1.54) is 172 Å². The van der Waals surface area contributed by atoms with Crippen molar-refractivity contribution in [2.24, 2.45) is 0 Å². The number of aromatic nitrogens is 2. The number of alkyl halides is 6. The monoisotopic (exact) mass is 758 g/mol. The van der Waals surface area contributed by atoms with Gasteiger partial charge in [-0.05, 0) is 76.3 Å². The lowest BCUT2D eigenvalue weighted by atomic mass is 10.0. The molecule has 0 aromatic carbocycles. The van der Waals surface area contributed by atoms with Gasteiger partial charge in [0, 0.05) is 36.1 Å². The van der Waals surface area contributed by atoms with Crippen LogP contribution in [0.3, 0.4) is 0 Å². The quantitative estimate of drug-likeness (QED) is 0.153. The van der Waals surface area contributed by atoms with Crippen molar-refractivity contribution in [1.82, 2.24) is 0 Å². The molecule has 12 heteroatoms. The predicted molar refractivity (Wildman–Crippen MR) is 189 cm³/mol. The zero-order valence-electron chi connectivity index (χ0n) is 31.2. The van der Waals surface area contributed by atoms with Gasteiger partial charge in [0.05, 0.1) is 0 Å². The summed E-state index contributed by atoms with van der Waals surface area (Å²) in [6.45, 7) is 2.36. The van der Waals surface area contributed by atoms with Crippen LogP contribution in [0.15, 0.2) is 61.2 Å². The number of aliphatic carboxylic acids is 2. The van der Waals surface area contributed by atoms with Gasteiger partial charge in [0.2, 0.25) is 0 Å². The Hall–Kier alpha value is -3.44. The van der Waals surface area contributed by atoms with Gasteiger partial charge in [-0.25, -0.2) is 9.13 Å². The van der Waals surface area contributed by atoms with Crippen LogP contribution in [-0.4, -0.2) is 24.3 Å². The molecule has 1 aliphatic rings. The van der Waals surface area contributed by atoms with Gasteiger partial charge in [-0.1, -0.05) is 82.8 Å². The highest BCUT2D eigenvalue weighted by Gasteiger charge is 2.29. The predicted octanol–water partition coefficient (Wildman–Crippen LogP) is 8.41. The molecule has 0 atom stereocenters. The summed E-state index contributed by atoms with van der Waals surface area (Å²) < 4.78 is 68.0. The lowest BCUT2D eigenvalue weighted by Gasteiger charge is -2.04. The number of carbonyl (C=O) groups is 2. The molecule has 0 N–H and O–H groups in total. The van der Waals surface area contributed by atoms with Crippen LogP contribution < -0.4 is 19.3 Å². The summed E-state index contributed by atoms with van der Waals surface area (Å²) in [5.74, 6) is -6.01. The Morgan fingerprint density at radius 1 is 0.472 bits per heavy atom. The van der Waals surface area contributed by atoms with E-state index in [1.807, 2.05) is 0 Å². The molecule has 0 spiro atoms. The van der Waals surface area contributed by atoms with E-state index in [2.05, 4.69) is 70.3 Å². The Morgan fingerprint density at radius 2 is 0.755 bits per heavy atom. The lowest BCUT2D eigenvalue weighted by Crippen LogP contribution is -2.37. The molecule has 0 radical (unpaired) electrons. The fraction of sp³-hybridized carbons (Fsp3) is 0.659. The summed E-state index contributed by atoms with van der Waals surface area (Å²) in [6, 6.07) is 9.16. The van der Waals surface area contributed by atoms with Gasteiger partial charge in [-0.15, -0.1) is 0 Å². The first-order chi connectivity index (χ1) is 25.3. The summed E-state index contributed by atoms with van der Waals surface area (Å²) in [4.78, 5) is 17.6. The highest BCUT2D eigenvalue weighted by atomic mass is 19.4. The van der Waals surface area contributed by atoms with Crippen LogP contribution >= 0.6 is 0 Å². The van der Waals surface area contributed by atoms with E-state index in [4.69, 9.17) is 19.8 Å². The molecule has 0 unspecified atom stereocenters. The molecule has 0 amide bonds. The molecule has 53 heavy (non-hydrogen) atoms. The van der Waals surface area contributed by atoms with Crippen LogP contribution in [0.4, 0.5) is 26.3 Å². The SMILES string of the molecule is C1=C/CCCCCC[n+]2cccc(c2)CCCCCCCCCCCCC[n+]2cccc(c2)CCCCCC/1.O=C([O-])C(F)(F)F.O=C([O-])C(F)(F)F. The highest BCUT2D eigenvalue weighted by Crippen LogP contribution is 2.15. The Balaban J connectivity index is 0.000000845. The van der Waals surface area contributed by atoms with Crippen molar-refractivity contribution in [2.75, 3.05) is 0 Å². The number of nitrogens with zero attached hydrogens (tertiary/aromatic N) is 2. The van der Waals surface area contributed by atoms with E-state index in [-0.39, 0.29) is 0 Å². The van der Waals surface area contributed by atoms with Crippen LogP contribution in [0.2, 0.25) is 0 Å². The van der Waals surface area contributed by atoms with Crippen LogP contribution in [0, 0.1) is 0 Å². The fourth-order valence-corrected chi connectivity index (χ4v) is 6.03. The molecular weight excluding hydrogens is 698 g/mol. The van der Waals surface area contributed by atoms with Crippen LogP contribution in [0.1, 0.15) is 146 Å². The van der Waals surface area contributed by atoms with Crippen molar-refractivity contribution in [3.63, 3.8) is 0 Å². The maximum atomic E-state index is 10.5. The number of rotatable bonds is 0. The molecule has 4 bridgehead atoms. The topological polar surface area (TPSA) is 88.0 Å². The molecule has 2 aromatic heterocycles. The molecule has 0 fully saturated rings. The zero-order valence-corrected chi connectivity index (χ0v) is 31.2. The number of carbonyl (C=O) groups excluding carboxylic acids is 2. The van der Waals surface area contributed by atoms with Crippen molar-refractivity contribution in [3.8, 4) is 0 Å². The van der Waals surface area contributed by atoms with E-state index in [0.29, 0.717) is 0 Å². The van der Waals surface area contributed by atoms with E-state index in [1.54, 1.807) is 0 Å². The largest absolute Gasteiger partial charge is 0.542 e. The Labute approximate surface area is 312 Å². The molecule has 300 valence electrons. The Bertz CT molecular complexity index is 1190. The number of carboxylic acids is 2. The number of hydrogen-bond donors (Lipinski definition) is 0. The zero-order chi connectivity index (χ0) is 39.2. The van der Waals surface area contributed by atoms with Crippen molar-refractivity contribution in [3.05, 3.63) is 72.3 Å². The van der Waals surface area contributed by atoms with Crippen molar-refractivity contribution < 1.29 is 55.3 Å². The minimum Gasteiger partial charge on any atom is -0.542 e. The van der Waals surface area contributed by atoms with Crippen LogP contribution in [0.5, 0.6) is 0 Å². The third-order valence-corrected chi connectivity index (χ3v) is 8.97. The van der Waals surface area contributed by atoms with Crippen LogP contribution in [0.25, 0.3) is 0 Å². The van der Waals surface area contributed by atoms with E-state index in [9.17, 15) is 26.3 Å². The molecule has 0 saturated carbocycles. The average molecular weight is 759 g/mol. The molecule has 1 aliphatic heterocycles. The standard InChI is InChI=1S/C37H60N2.2C2HF3O2/c1-2-6-10-14-18-22-30-38-32-25-29-37(35-38)27-21-17-13-9-5-3-7-11-15-19-23-31-39-33-24-28-36(34-39)26-20-16-12-8-4-1;2*3-2(4,5)1(6)7/h1-2,24-25,28-29,32-35H,3-23,26-27,30-31H2;2*(H,6,7)/q+2;;/p-2/b2-1+;;. The van der Waals surface area contributed by atoms with Crippen molar-refractivity contribution >= 4 is 11.9 Å². The maximum Gasteiger partial charge on any atom is 0.430 e. The summed E-state index contributed by atoms with van der Waals surface area (Å²) in [6.07, 6.45) is 35.0. The highest BCUT2D eigenvalue weighted by molar-refractivity contribution is 5.71. The second kappa shape index (κ2) is 29.0. The second-order valence-electron chi connectivity index (χ2n) is 13.7. The first-order valence-corrected chi connectivity index (χ1v) is 19.5. The van der Waals surface area contributed by atoms with Gasteiger partial charge in [-0.2, -0.15) is 26.3 Å². The van der Waals surface area contributed by atoms with E-state index in [0.717, 1.165) is 0 Å². The van der Waals surface area contributed by atoms with Gasteiger partial charge < -0.3 is 19.8 Å². The molecule has 0 aliphatic carbocycles. The third-order valence-electron chi connectivity index (χ3n) is 8.97. The molecular formula is C41H60F6N2O4. The lowest BCUT2D eigenvalue weighted by molar-refractivity contribution is -0.697. The maximum absolute atomic E-state index is 10.5. The number of aryl methyl sites for hydroxylation is 4. The van der Waals surface area contributed by atoms with Crippen LogP contribution in [-0.2, 0) is 35.5 Å². The summed E-state index contributed by atoms with van der Waals surface area (Å²) >= 11 is 0. The number of fused-ring (bicyclic) bond motifs is 4. The molecule has 3 heterocycles. The van der Waals surface area contributed by atoms with Gasteiger partial charge in [0.25, 0.3) is 0 Å². The Kier molecular flexibility index (Phi) is 26.0. The molecule has 2 aromatic rings. The normalized spacial score (nSPS) is 18.1. The number of hydrogen-bond acceptors (Lipinski definition) is 4. The third kappa shape index (κ3) is 27.8. The summed E-state index contributed by atoms with van der Waals surface area (Å²) in [5.41, 5.74) is 3.04. The number of pyridine rings is 2. The van der Waals surface area contributed by atoms with Crippen molar-refractivity contribution in [2.45, 2.75) is 173 Å². The smallest absolute Gasteiger partial charge is 0.430 e. The van der Waals surface area contributed by atoms with Gasteiger partial charge in [-0.3, -0.25) is 0 Å². The first kappa shape index (κ1) is 47.6. The Morgan fingerprint density at radius 3 is 1.08 bits per heavy atom. The minimum atomic E-state index is -5.19. The average Bonchev–Trinajstić information content (AvgIpc) is 3.10. The first-order valence-electron chi connectivity index (χ1n) is 19.5. The summed E-state index contributed by atoms with van der Waals surface area (Å²) in [5, 5.41) is 17.6. The van der Waals surface area contributed by atoms with E-state index < -0.39 is 24.3 Å². The van der Waals surface area contributed by atoms with Crippen molar-refractivity contribution in [1.29, 1.82) is 0 Å². The fourth-order valence-electron chi connectivity index (χ4n) is 6.03. The molecule has 6 nitrogen and oxygen atoms in total. The minimum absolute atomic E-state index is 1.17. The van der Waals surface area contributed by atoms with Gasteiger partial charge >= 0.3 is 12.4 Å². The summed E-state index contributed by atoms with van der Waals surface area (Å²) in [7, 11) is 0. The number of halogens is 6.